The van der Waals surface area contributed by atoms with Gasteiger partial charge in [-0.15, -0.1) is 0 Å². The number of likely N-dealkylation sites (N-methyl/N-ethyl adjacent to an activating group) is 1. The molecule has 4 nitrogen and oxygen atoms in total. The molecule has 0 spiro atoms. The van der Waals surface area contributed by atoms with Crippen LogP contribution in [0.4, 0.5) is 0 Å². The lowest BCUT2D eigenvalue weighted by Crippen LogP contribution is -2.48. The standard InChI is InChI=1S/C12H24N2O2/c1-10(2)7-14-6-4-5-11(8-14)13(3)9-12(15)16/h10-11H,4-9H2,1-3H3,(H,15,16). The number of aliphatic carboxylic acids is 1. The Morgan fingerprint density at radius 2 is 2.25 bits per heavy atom. The van der Waals surface area contributed by atoms with Crippen LogP contribution in [-0.2, 0) is 4.79 Å². The van der Waals surface area contributed by atoms with Gasteiger partial charge in [0.1, 0.15) is 0 Å². The molecule has 16 heavy (non-hydrogen) atoms. The van der Waals surface area contributed by atoms with Gasteiger partial charge in [-0.2, -0.15) is 0 Å². The number of hydrogen-bond donors (Lipinski definition) is 1. The van der Waals surface area contributed by atoms with E-state index in [-0.39, 0.29) is 6.54 Å². The summed E-state index contributed by atoms with van der Waals surface area (Å²) in [7, 11) is 1.91. The third kappa shape index (κ3) is 4.49. The molecule has 1 aliphatic rings. The lowest BCUT2D eigenvalue weighted by molar-refractivity contribution is -0.138. The number of piperidine rings is 1. The number of nitrogens with zero attached hydrogens (tertiary/aromatic N) is 2. The molecule has 1 rings (SSSR count). The van der Waals surface area contributed by atoms with Crippen LogP contribution >= 0.6 is 0 Å². The van der Waals surface area contributed by atoms with Crippen LogP contribution in [0.3, 0.4) is 0 Å². The first-order valence-corrected chi connectivity index (χ1v) is 6.13. The summed E-state index contributed by atoms with van der Waals surface area (Å²) >= 11 is 0. The Morgan fingerprint density at radius 3 is 2.81 bits per heavy atom. The van der Waals surface area contributed by atoms with E-state index in [9.17, 15) is 4.79 Å². The summed E-state index contributed by atoms with van der Waals surface area (Å²) in [6, 6.07) is 0.406. The summed E-state index contributed by atoms with van der Waals surface area (Å²) in [4.78, 5) is 15.1. The zero-order valence-electron chi connectivity index (χ0n) is 10.6. The highest BCUT2D eigenvalue weighted by Crippen LogP contribution is 2.15. The summed E-state index contributed by atoms with van der Waals surface area (Å²) in [6.07, 6.45) is 2.31. The van der Waals surface area contributed by atoms with Gasteiger partial charge in [-0.3, -0.25) is 9.69 Å². The first-order chi connectivity index (χ1) is 7.49. The Morgan fingerprint density at radius 1 is 1.56 bits per heavy atom. The quantitative estimate of drug-likeness (QED) is 0.766. The van der Waals surface area contributed by atoms with Gasteiger partial charge in [0.15, 0.2) is 0 Å². The molecule has 0 bridgehead atoms. The fourth-order valence-electron chi connectivity index (χ4n) is 2.42. The number of carboxylic acids is 1. The first kappa shape index (κ1) is 13.5. The average molecular weight is 228 g/mol. The molecule has 1 saturated heterocycles. The fraction of sp³-hybridized carbons (Fsp3) is 0.917. The highest BCUT2D eigenvalue weighted by molar-refractivity contribution is 5.69. The summed E-state index contributed by atoms with van der Waals surface area (Å²) in [5, 5.41) is 8.77. The Kier molecular flexibility index (Phi) is 5.22. The molecule has 94 valence electrons. The van der Waals surface area contributed by atoms with Crippen molar-refractivity contribution < 1.29 is 9.90 Å². The van der Waals surface area contributed by atoms with E-state index in [1.54, 1.807) is 0 Å². The minimum Gasteiger partial charge on any atom is -0.480 e. The molecular formula is C12H24N2O2. The van der Waals surface area contributed by atoms with Crippen LogP contribution < -0.4 is 0 Å². The summed E-state index contributed by atoms with van der Waals surface area (Å²) in [5.41, 5.74) is 0. The van der Waals surface area contributed by atoms with Crippen LogP contribution in [0, 0.1) is 5.92 Å². The molecule has 1 N–H and O–H groups in total. The van der Waals surface area contributed by atoms with Crippen molar-refractivity contribution in [1.82, 2.24) is 9.80 Å². The topological polar surface area (TPSA) is 43.8 Å². The number of likely N-dealkylation sites (tertiary alicyclic amines) is 1. The molecule has 1 fully saturated rings. The number of carboxylic acid groups (broad SMARTS) is 1. The third-order valence-electron chi connectivity index (χ3n) is 3.11. The molecular weight excluding hydrogens is 204 g/mol. The molecule has 0 amide bonds. The largest absolute Gasteiger partial charge is 0.480 e. The average Bonchev–Trinajstić information content (AvgIpc) is 2.16. The van der Waals surface area contributed by atoms with Crippen molar-refractivity contribution in [2.24, 2.45) is 5.92 Å². The highest BCUT2D eigenvalue weighted by atomic mass is 16.4. The molecule has 0 aromatic heterocycles. The number of carbonyl (C=O) groups is 1. The van der Waals surface area contributed by atoms with E-state index in [1.807, 2.05) is 11.9 Å². The summed E-state index contributed by atoms with van der Waals surface area (Å²) < 4.78 is 0. The number of rotatable bonds is 5. The Bertz CT molecular complexity index is 231. The maximum absolute atomic E-state index is 10.7. The molecule has 0 saturated carbocycles. The molecule has 0 aliphatic carbocycles. The second-order valence-electron chi connectivity index (χ2n) is 5.26. The Labute approximate surface area is 98.2 Å². The van der Waals surface area contributed by atoms with Crippen LogP contribution in [-0.4, -0.2) is 60.1 Å². The Hall–Kier alpha value is -0.610. The van der Waals surface area contributed by atoms with Crippen molar-refractivity contribution >= 4 is 5.97 Å². The van der Waals surface area contributed by atoms with Crippen LogP contribution in [0.15, 0.2) is 0 Å². The molecule has 4 heteroatoms. The molecule has 0 aromatic rings. The zero-order chi connectivity index (χ0) is 12.1. The predicted molar refractivity (Wildman–Crippen MR) is 64.6 cm³/mol. The molecule has 1 heterocycles. The number of hydrogen-bond acceptors (Lipinski definition) is 3. The van der Waals surface area contributed by atoms with Crippen LogP contribution in [0.2, 0.25) is 0 Å². The lowest BCUT2D eigenvalue weighted by atomic mass is 10.0. The zero-order valence-corrected chi connectivity index (χ0v) is 10.6. The van der Waals surface area contributed by atoms with E-state index in [0.29, 0.717) is 12.0 Å². The minimum atomic E-state index is -0.733. The van der Waals surface area contributed by atoms with Crippen molar-refractivity contribution in [2.75, 3.05) is 33.2 Å². The second kappa shape index (κ2) is 6.21. The van der Waals surface area contributed by atoms with Gasteiger partial charge in [-0.25, -0.2) is 0 Å². The highest BCUT2D eigenvalue weighted by Gasteiger charge is 2.24. The van der Waals surface area contributed by atoms with Crippen molar-refractivity contribution in [3.05, 3.63) is 0 Å². The van der Waals surface area contributed by atoms with Crippen LogP contribution in [0.1, 0.15) is 26.7 Å². The predicted octanol–water partition coefficient (Wildman–Crippen LogP) is 1.12. The van der Waals surface area contributed by atoms with Gasteiger partial charge in [0.25, 0.3) is 0 Å². The van der Waals surface area contributed by atoms with E-state index >= 15 is 0 Å². The monoisotopic (exact) mass is 228 g/mol. The van der Waals surface area contributed by atoms with Gasteiger partial charge in [-0.1, -0.05) is 13.8 Å². The van der Waals surface area contributed by atoms with E-state index in [1.165, 1.54) is 6.42 Å². The molecule has 0 radical (unpaired) electrons. The van der Waals surface area contributed by atoms with E-state index in [0.717, 1.165) is 26.1 Å². The van der Waals surface area contributed by atoms with Crippen LogP contribution in [0.5, 0.6) is 0 Å². The first-order valence-electron chi connectivity index (χ1n) is 6.13. The van der Waals surface area contributed by atoms with Gasteiger partial charge < -0.3 is 10.0 Å². The smallest absolute Gasteiger partial charge is 0.317 e. The third-order valence-corrected chi connectivity index (χ3v) is 3.11. The lowest BCUT2D eigenvalue weighted by Gasteiger charge is -2.37. The van der Waals surface area contributed by atoms with Crippen molar-refractivity contribution in [3.8, 4) is 0 Å². The van der Waals surface area contributed by atoms with Gasteiger partial charge >= 0.3 is 5.97 Å². The molecule has 1 atom stereocenters. The van der Waals surface area contributed by atoms with Gasteiger partial charge in [0.05, 0.1) is 6.54 Å². The molecule has 1 unspecified atom stereocenters. The fourth-order valence-corrected chi connectivity index (χ4v) is 2.42. The van der Waals surface area contributed by atoms with Crippen molar-refractivity contribution in [1.29, 1.82) is 0 Å². The Balaban J connectivity index is 2.40. The molecule has 1 aliphatic heterocycles. The summed E-state index contributed by atoms with van der Waals surface area (Å²) in [5.74, 6) is -0.0491. The van der Waals surface area contributed by atoms with Crippen LogP contribution in [0.25, 0.3) is 0 Å². The minimum absolute atomic E-state index is 0.153. The maximum Gasteiger partial charge on any atom is 0.317 e. The summed E-state index contributed by atoms with van der Waals surface area (Å²) in [6.45, 7) is 7.91. The normalized spacial score (nSPS) is 22.9. The molecule has 0 aromatic carbocycles. The SMILES string of the molecule is CC(C)CN1CCCC(N(C)CC(=O)O)C1. The van der Waals surface area contributed by atoms with Gasteiger partial charge in [0, 0.05) is 19.1 Å². The van der Waals surface area contributed by atoms with Crippen molar-refractivity contribution in [2.45, 2.75) is 32.7 Å². The van der Waals surface area contributed by atoms with E-state index < -0.39 is 5.97 Å². The van der Waals surface area contributed by atoms with Gasteiger partial charge in [0.2, 0.25) is 0 Å². The van der Waals surface area contributed by atoms with Crippen molar-refractivity contribution in [3.63, 3.8) is 0 Å². The second-order valence-corrected chi connectivity index (χ2v) is 5.26. The van der Waals surface area contributed by atoms with E-state index in [2.05, 4.69) is 18.7 Å². The van der Waals surface area contributed by atoms with Gasteiger partial charge in [-0.05, 0) is 32.4 Å². The van der Waals surface area contributed by atoms with E-state index in [4.69, 9.17) is 5.11 Å². The maximum atomic E-state index is 10.7.